The maximum Gasteiger partial charge on any atom is 0.410 e. The molecule has 492 valence electrons. The van der Waals surface area contributed by atoms with E-state index >= 15 is 0 Å². The highest BCUT2D eigenvalue weighted by molar-refractivity contribution is 5.93. The van der Waals surface area contributed by atoms with Gasteiger partial charge in [-0.2, -0.15) is 0 Å². The summed E-state index contributed by atoms with van der Waals surface area (Å²) in [6.45, 7) is 14.8. The molecule has 0 saturated carbocycles. The Bertz CT molecular complexity index is 2660. The number of likely N-dealkylation sites (N-methyl/N-ethyl adjacent to an activating group) is 2. The number of ether oxygens (including phenoxy) is 6. The maximum absolute atomic E-state index is 14.8. The standard InChI is InChI=1S/C61H93N7O20/c1-14-35(8)49(43(83-12)29-46(72)68-26-18-21-41(68)53(84-13)36(9)55(76)64-40(59(81)86-34(6)7)27-37-19-16-15-17-20-37)66(10)57(78)47(32(2)3)65-56(77)48(33(4)5)67(11)61(82)85-31-38-22-23-42(39(28-38)63-44(70)24-25-62-45(71)30-69)87-60-52(75)50(73)51(74)54(88-60)58(79)80/h15-17,19-20,22-23,28,32-36,40-41,43,47-54,60,69,73-75H,14,18,21,24-27,29-31H2,1-13H3,(H,62,71)(H,63,70)(H,64,76)(H,65,77)(H,79,80)/t35-,36+,40-,41-,43+,47-,48-,49-,50-,51-,52+,53+,54-,60+/m0/s1. The number of methoxy groups -OCH3 is 2. The Morgan fingerprint density at radius 1 is 0.795 bits per heavy atom. The van der Waals surface area contributed by atoms with Crippen molar-refractivity contribution >= 4 is 59.2 Å². The summed E-state index contributed by atoms with van der Waals surface area (Å²) in [5.41, 5.74) is 0.933. The molecule has 0 bridgehead atoms. The van der Waals surface area contributed by atoms with Gasteiger partial charge in [0.15, 0.2) is 6.10 Å². The number of aliphatic hydroxyl groups is 4. The predicted molar refractivity (Wildman–Crippen MR) is 317 cm³/mol. The van der Waals surface area contributed by atoms with Crippen LogP contribution < -0.4 is 26.0 Å². The quantitative estimate of drug-likeness (QED) is 0.0471. The van der Waals surface area contributed by atoms with Crippen molar-refractivity contribution < 1.29 is 97.1 Å². The molecule has 0 unspecified atom stereocenters. The Morgan fingerprint density at radius 3 is 2.05 bits per heavy atom. The number of hydrogen-bond donors (Lipinski definition) is 9. The molecular formula is C61H93N7O20. The molecule has 2 aliphatic heterocycles. The van der Waals surface area contributed by atoms with Crippen LogP contribution in [0.5, 0.6) is 5.75 Å². The first-order valence-electron chi connectivity index (χ1n) is 29.8. The molecule has 2 heterocycles. The van der Waals surface area contributed by atoms with Gasteiger partial charge >= 0.3 is 18.0 Å². The second kappa shape index (κ2) is 34.7. The fourth-order valence-electron chi connectivity index (χ4n) is 11.0. The molecule has 88 heavy (non-hydrogen) atoms. The van der Waals surface area contributed by atoms with Gasteiger partial charge in [0.05, 0.1) is 48.4 Å². The summed E-state index contributed by atoms with van der Waals surface area (Å²) in [7, 11) is 5.88. The van der Waals surface area contributed by atoms with E-state index in [4.69, 9.17) is 33.5 Å². The summed E-state index contributed by atoms with van der Waals surface area (Å²) in [6, 6.07) is 8.68. The number of carbonyl (C=O) groups excluding carboxylic acids is 8. The van der Waals surface area contributed by atoms with Gasteiger partial charge in [0.1, 0.15) is 55.4 Å². The number of nitrogens with zero attached hydrogens (tertiary/aromatic N) is 3. The van der Waals surface area contributed by atoms with Crippen LogP contribution in [0.15, 0.2) is 48.5 Å². The molecule has 2 fully saturated rings. The van der Waals surface area contributed by atoms with Gasteiger partial charge in [0, 0.05) is 54.2 Å². The maximum atomic E-state index is 14.8. The normalized spacial score (nSPS) is 21.2. The second-order valence-electron chi connectivity index (χ2n) is 23.4. The lowest BCUT2D eigenvalue weighted by Crippen LogP contribution is -2.61. The molecule has 27 heteroatoms. The lowest BCUT2D eigenvalue weighted by atomic mass is 9.89. The molecule has 0 aliphatic carbocycles. The largest absolute Gasteiger partial charge is 0.479 e. The Balaban J connectivity index is 1.50. The van der Waals surface area contributed by atoms with Crippen LogP contribution in [-0.4, -0.2) is 221 Å². The zero-order valence-electron chi connectivity index (χ0n) is 52.7. The van der Waals surface area contributed by atoms with Crippen molar-refractivity contribution in [2.24, 2.45) is 23.7 Å². The molecule has 0 radical (unpaired) electrons. The van der Waals surface area contributed by atoms with E-state index in [1.54, 1.807) is 60.4 Å². The fourth-order valence-corrected chi connectivity index (χ4v) is 11.0. The van der Waals surface area contributed by atoms with Crippen molar-refractivity contribution in [3.63, 3.8) is 0 Å². The number of aliphatic hydroxyl groups excluding tert-OH is 4. The third-order valence-corrected chi connectivity index (χ3v) is 15.9. The minimum atomic E-state index is -2.02. The predicted octanol–water partition coefficient (Wildman–Crippen LogP) is 1.73. The van der Waals surface area contributed by atoms with Gasteiger partial charge in [-0.05, 0) is 67.7 Å². The van der Waals surface area contributed by atoms with E-state index in [1.807, 2.05) is 44.2 Å². The smallest absolute Gasteiger partial charge is 0.410 e. The van der Waals surface area contributed by atoms with Crippen LogP contribution in [0.4, 0.5) is 10.5 Å². The molecule has 9 N–H and O–H groups in total. The van der Waals surface area contributed by atoms with Gasteiger partial charge < -0.3 is 85.0 Å². The molecule has 2 saturated heterocycles. The fraction of sp³-hybridized carbons (Fsp3) is 0.656. The number of esters is 1. The average molecular weight is 1240 g/mol. The number of anilines is 1. The number of amides is 7. The van der Waals surface area contributed by atoms with E-state index < -0.39 is 158 Å². The average Bonchev–Trinajstić information content (AvgIpc) is 2.28. The van der Waals surface area contributed by atoms with Crippen molar-refractivity contribution in [2.45, 2.75) is 187 Å². The Hall–Kier alpha value is -7.01. The van der Waals surface area contributed by atoms with E-state index in [2.05, 4.69) is 21.3 Å². The minimum absolute atomic E-state index is 0.126. The highest BCUT2D eigenvalue weighted by Gasteiger charge is 2.49. The number of carboxylic acid groups (broad SMARTS) is 1. The van der Waals surface area contributed by atoms with Crippen LogP contribution in [0.1, 0.15) is 106 Å². The minimum Gasteiger partial charge on any atom is -0.479 e. The summed E-state index contributed by atoms with van der Waals surface area (Å²) >= 11 is 0. The summed E-state index contributed by atoms with van der Waals surface area (Å²) in [5, 5.41) is 60.4. The van der Waals surface area contributed by atoms with Gasteiger partial charge in [0.2, 0.25) is 41.7 Å². The molecule has 2 aromatic carbocycles. The summed E-state index contributed by atoms with van der Waals surface area (Å²) in [5.74, 6) is -7.87. The summed E-state index contributed by atoms with van der Waals surface area (Å²) < 4.78 is 34.2. The van der Waals surface area contributed by atoms with E-state index in [9.17, 15) is 63.6 Å². The Morgan fingerprint density at radius 2 is 1.47 bits per heavy atom. The molecule has 2 aliphatic rings. The van der Waals surface area contributed by atoms with Gasteiger partial charge in [-0.3, -0.25) is 33.7 Å². The molecule has 0 spiro atoms. The van der Waals surface area contributed by atoms with Crippen LogP contribution in [0.25, 0.3) is 0 Å². The Kier molecular flexibility index (Phi) is 28.9. The number of benzene rings is 2. The Labute approximate surface area is 514 Å². The molecule has 0 aromatic heterocycles. The van der Waals surface area contributed by atoms with Crippen LogP contribution in [0, 0.1) is 23.7 Å². The number of carbonyl (C=O) groups is 9. The van der Waals surface area contributed by atoms with Gasteiger partial charge in [-0.15, -0.1) is 0 Å². The third-order valence-electron chi connectivity index (χ3n) is 15.9. The van der Waals surface area contributed by atoms with Crippen molar-refractivity contribution in [1.29, 1.82) is 0 Å². The summed E-state index contributed by atoms with van der Waals surface area (Å²) in [4.78, 5) is 126. The van der Waals surface area contributed by atoms with Gasteiger partial charge in [-0.25, -0.2) is 14.4 Å². The third kappa shape index (κ3) is 20.0. The monoisotopic (exact) mass is 1240 g/mol. The molecule has 27 nitrogen and oxygen atoms in total. The highest BCUT2D eigenvalue weighted by atomic mass is 16.7. The van der Waals surface area contributed by atoms with Crippen LogP contribution in [0.3, 0.4) is 0 Å². The second-order valence-corrected chi connectivity index (χ2v) is 23.4. The van der Waals surface area contributed by atoms with Gasteiger partial charge in [-0.1, -0.05) is 91.3 Å². The number of rotatable bonds is 32. The van der Waals surface area contributed by atoms with Crippen LogP contribution in [-0.2, 0) is 75.1 Å². The molecular weight excluding hydrogens is 1150 g/mol. The van der Waals surface area contributed by atoms with E-state index in [1.165, 1.54) is 44.4 Å². The number of likely N-dealkylation sites (tertiary alicyclic amines) is 1. The van der Waals surface area contributed by atoms with Crippen LogP contribution >= 0.6 is 0 Å². The highest BCUT2D eigenvalue weighted by Crippen LogP contribution is 2.33. The lowest BCUT2D eigenvalue weighted by Gasteiger charge is -2.41. The van der Waals surface area contributed by atoms with E-state index in [0.717, 1.165) is 10.5 Å². The van der Waals surface area contributed by atoms with E-state index in [0.29, 0.717) is 25.8 Å². The molecule has 14 atom stereocenters. The van der Waals surface area contributed by atoms with Crippen molar-refractivity contribution in [3.8, 4) is 5.75 Å². The lowest BCUT2D eigenvalue weighted by molar-refractivity contribution is -0.271. The van der Waals surface area contributed by atoms with Crippen molar-refractivity contribution in [3.05, 3.63) is 59.7 Å². The zero-order chi connectivity index (χ0) is 65.9. The molecule has 7 amide bonds. The van der Waals surface area contributed by atoms with Crippen molar-refractivity contribution in [1.82, 2.24) is 30.7 Å². The van der Waals surface area contributed by atoms with Crippen LogP contribution in [0.2, 0.25) is 0 Å². The first-order chi connectivity index (χ1) is 41.5. The van der Waals surface area contributed by atoms with E-state index in [-0.39, 0.29) is 54.6 Å². The summed E-state index contributed by atoms with van der Waals surface area (Å²) in [6.07, 6.45) is -11.4. The topological polar surface area (TPSA) is 368 Å². The molecule has 4 rings (SSSR count). The first-order valence-corrected chi connectivity index (χ1v) is 29.8. The van der Waals surface area contributed by atoms with Gasteiger partial charge in [0.25, 0.3) is 0 Å². The number of nitrogens with one attached hydrogen (secondary N) is 4. The first kappa shape index (κ1) is 73.5. The number of aliphatic carboxylic acids is 1. The number of hydrogen-bond acceptors (Lipinski definition) is 19. The SMILES string of the molecule is CC[C@H](C)[C@@H]([C@@H](CC(=O)N1CCC[C@H]1[C@H](OC)[C@@H](C)C(=O)N[C@@H](Cc1ccccc1)C(=O)OC(C)C)OC)N(C)C(=O)[C@@H](NC(=O)[C@H](C(C)C)N(C)C(=O)OCc1ccc(O[C@@H]2O[C@H](C(=O)O)[C@@H](O)[C@H](O)[C@H]2O)c(NC(=O)CCNC(=O)CO)c1)C(C)C. The zero-order valence-corrected chi connectivity index (χ0v) is 52.7. The molecule has 2 aromatic rings. The van der Waals surface area contributed by atoms with Crippen molar-refractivity contribution in [2.75, 3.05) is 53.3 Å². The number of carboxylic acids is 1.